The van der Waals surface area contributed by atoms with Crippen LogP contribution in [-0.4, -0.2) is 25.6 Å². The SMILES string of the molecule is CS(=O)(=O)Nc1ccc(C(=O)Nc2ccc(SCc3cccnc3)cc2)cc1. The Balaban J connectivity index is 1.56. The molecule has 0 bridgehead atoms. The fourth-order valence-corrected chi connectivity index (χ4v) is 3.79. The summed E-state index contributed by atoms with van der Waals surface area (Å²) in [6.45, 7) is 0. The summed E-state index contributed by atoms with van der Waals surface area (Å²) in [7, 11) is -3.34. The normalized spacial score (nSPS) is 11.0. The molecule has 2 N–H and O–H groups in total. The molecule has 0 radical (unpaired) electrons. The minimum absolute atomic E-state index is 0.262. The first-order chi connectivity index (χ1) is 13.4. The van der Waals surface area contributed by atoms with Crippen molar-refractivity contribution in [1.29, 1.82) is 0 Å². The molecule has 3 rings (SSSR count). The van der Waals surface area contributed by atoms with Crippen LogP contribution in [0.1, 0.15) is 15.9 Å². The Kier molecular flexibility index (Phi) is 6.33. The predicted molar refractivity (Wildman–Crippen MR) is 113 cm³/mol. The molecule has 3 aromatic rings. The molecular formula is C20H19N3O3S2. The Morgan fingerprint density at radius 1 is 1.00 bits per heavy atom. The highest BCUT2D eigenvalue weighted by atomic mass is 32.2. The molecule has 0 saturated heterocycles. The number of nitrogens with zero attached hydrogens (tertiary/aromatic N) is 1. The third-order valence-corrected chi connectivity index (χ3v) is 5.38. The Hall–Kier alpha value is -2.84. The van der Waals surface area contributed by atoms with Gasteiger partial charge in [-0.25, -0.2) is 8.42 Å². The van der Waals surface area contributed by atoms with Crippen LogP contribution in [0.15, 0.2) is 78.0 Å². The number of nitrogens with one attached hydrogen (secondary N) is 2. The minimum Gasteiger partial charge on any atom is -0.322 e. The molecule has 1 heterocycles. The van der Waals surface area contributed by atoms with Crippen LogP contribution in [0.3, 0.4) is 0 Å². The van der Waals surface area contributed by atoms with Gasteiger partial charge in [-0.2, -0.15) is 0 Å². The molecule has 0 aliphatic rings. The first-order valence-corrected chi connectivity index (χ1v) is 11.3. The first kappa shape index (κ1) is 19.9. The van der Waals surface area contributed by atoms with Gasteiger partial charge in [0.1, 0.15) is 0 Å². The highest BCUT2D eigenvalue weighted by Gasteiger charge is 2.08. The zero-order valence-electron chi connectivity index (χ0n) is 15.1. The van der Waals surface area contributed by atoms with Gasteiger partial charge in [0, 0.05) is 40.0 Å². The molecule has 0 saturated carbocycles. The summed E-state index contributed by atoms with van der Waals surface area (Å²) in [4.78, 5) is 17.5. The van der Waals surface area contributed by atoms with Gasteiger partial charge in [0.15, 0.2) is 0 Å². The van der Waals surface area contributed by atoms with E-state index in [0.29, 0.717) is 16.9 Å². The van der Waals surface area contributed by atoms with E-state index < -0.39 is 10.0 Å². The highest BCUT2D eigenvalue weighted by Crippen LogP contribution is 2.24. The number of pyridine rings is 1. The van der Waals surface area contributed by atoms with Gasteiger partial charge in [-0.15, -0.1) is 11.8 Å². The van der Waals surface area contributed by atoms with Crippen LogP contribution in [0.25, 0.3) is 0 Å². The smallest absolute Gasteiger partial charge is 0.255 e. The van der Waals surface area contributed by atoms with E-state index in [0.717, 1.165) is 22.5 Å². The molecule has 0 aliphatic carbocycles. The number of aromatic nitrogens is 1. The van der Waals surface area contributed by atoms with Gasteiger partial charge in [-0.1, -0.05) is 6.07 Å². The van der Waals surface area contributed by atoms with Gasteiger partial charge >= 0.3 is 0 Å². The second-order valence-electron chi connectivity index (χ2n) is 6.08. The minimum atomic E-state index is -3.34. The zero-order chi connectivity index (χ0) is 20.0. The van der Waals surface area contributed by atoms with Gasteiger partial charge in [0.05, 0.1) is 6.26 Å². The summed E-state index contributed by atoms with van der Waals surface area (Å²) in [6, 6.07) is 17.8. The summed E-state index contributed by atoms with van der Waals surface area (Å²) in [5, 5.41) is 2.83. The number of hydrogen-bond acceptors (Lipinski definition) is 5. The van der Waals surface area contributed by atoms with Gasteiger partial charge in [-0.05, 0) is 60.2 Å². The average molecular weight is 414 g/mol. The van der Waals surface area contributed by atoms with Gasteiger partial charge in [0.2, 0.25) is 10.0 Å². The topological polar surface area (TPSA) is 88.2 Å². The fraction of sp³-hybridized carbons (Fsp3) is 0.100. The number of anilines is 2. The lowest BCUT2D eigenvalue weighted by atomic mass is 10.2. The van der Waals surface area contributed by atoms with Crippen molar-refractivity contribution < 1.29 is 13.2 Å². The van der Waals surface area contributed by atoms with Crippen LogP contribution >= 0.6 is 11.8 Å². The fourth-order valence-electron chi connectivity index (χ4n) is 2.39. The number of carbonyl (C=O) groups excluding carboxylic acids is 1. The summed E-state index contributed by atoms with van der Waals surface area (Å²) in [6.07, 6.45) is 4.67. The first-order valence-electron chi connectivity index (χ1n) is 8.40. The Bertz CT molecular complexity index is 1040. The van der Waals surface area contributed by atoms with Crippen LogP contribution in [0.5, 0.6) is 0 Å². The molecule has 0 unspecified atom stereocenters. The molecule has 1 aromatic heterocycles. The molecule has 8 heteroatoms. The number of amides is 1. The summed E-state index contributed by atoms with van der Waals surface area (Å²) < 4.78 is 24.8. The maximum atomic E-state index is 12.3. The zero-order valence-corrected chi connectivity index (χ0v) is 16.8. The maximum absolute atomic E-state index is 12.3. The highest BCUT2D eigenvalue weighted by molar-refractivity contribution is 7.98. The third-order valence-electron chi connectivity index (χ3n) is 3.69. The molecule has 28 heavy (non-hydrogen) atoms. The number of carbonyl (C=O) groups is 1. The summed E-state index contributed by atoms with van der Waals surface area (Å²) in [5.74, 6) is 0.564. The maximum Gasteiger partial charge on any atom is 0.255 e. The lowest BCUT2D eigenvalue weighted by molar-refractivity contribution is 0.102. The monoisotopic (exact) mass is 413 g/mol. The second-order valence-corrected chi connectivity index (χ2v) is 8.88. The van der Waals surface area contributed by atoms with E-state index in [-0.39, 0.29) is 5.91 Å². The lowest BCUT2D eigenvalue weighted by Gasteiger charge is -2.08. The van der Waals surface area contributed by atoms with Gasteiger partial charge in [0.25, 0.3) is 5.91 Å². The number of thioether (sulfide) groups is 1. The van der Waals surface area contributed by atoms with E-state index in [4.69, 9.17) is 0 Å². The van der Waals surface area contributed by atoms with Crippen molar-refractivity contribution in [3.8, 4) is 0 Å². The predicted octanol–water partition coefficient (Wildman–Crippen LogP) is 4.00. The molecule has 0 spiro atoms. The molecule has 1 amide bonds. The summed E-state index contributed by atoms with van der Waals surface area (Å²) in [5.41, 5.74) is 2.69. The molecule has 0 aliphatic heterocycles. The third kappa shape index (κ3) is 6.11. The molecule has 0 atom stereocenters. The van der Waals surface area contributed by atoms with Crippen molar-refractivity contribution in [2.45, 2.75) is 10.6 Å². The van der Waals surface area contributed by atoms with Crippen LogP contribution in [0.4, 0.5) is 11.4 Å². The average Bonchev–Trinajstić information content (AvgIpc) is 2.67. The molecule has 144 valence electrons. The van der Waals surface area contributed by atoms with E-state index in [1.165, 1.54) is 0 Å². The van der Waals surface area contributed by atoms with E-state index in [1.54, 1.807) is 42.2 Å². The number of sulfonamides is 1. The van der Waals surface area contributed by atoms with Crippen LogP contribution in [-0.2, 0) is 15.8 Å². The van der Waals surface area contributed by atoms with Crippen molar-refractivity contribution in [1.82, 2.24) is 4.98 Å². The van der Waals surface area contributed by atoms with Crippen molar-refractivity contribution in [3.63, 3.8) is 0 Å². The van der Waals surface area contributed by atoms with E-state index in [9.17, 15) is 13.2 Å². The second kappa shape index (κ2) is 8.90. The van der Waals surface area contributed by atoms with Gasteiger partial charge < -0.3 is 5.32 Å². The van der Waals surface area contributed by atoms with Crippen molar-refractivity contribution in [2.75, 3.05) is 16.3 Å². The largest absolute Gasteiger partial charge is 0.322 e. The number of rotatable bonds is 7. The van der Waals surface area contributed by atoms with Crippen molar-refractivity contribution in [3.05, 3.63) is 84.2 Å². The molecular weight excluding hydrogens is 394 g/mol. The molecule has 0 fully saturated rings. The molecule has 6 nitrogen and oxygen atoms in total. The quantitative estimate of drug-likeness (QED) is 0.572. The van der Waals surface area contributed by atoms with Crippen LogP contribution in [0, 0.1) is 0 Å². The number of hydrogen-bond donors (Lipinski definition) is 2. The Morgan fingerprint density at radius 3 is 2.29 bits per heavy atom. The van der Waals surface area contributed by atoms with E-state index >= 15 is 0 Å². The van der Waals surface area contributed by atoms with Crippen molar-refractivity contribution >= 4 is 39.1 Å². The van der Waals surface area contributed by atoms with E-state index in [2.05, 4.69) is 15.0 Å². The Morgan fingerprint density at radius 2 is 1.68 bits per heavy atom. The molecule has 2 aromatic carbocycles. The van der Waals surface area contributed by atoms with E-state index in [1.807, 2.05) is 42.6 Å². The Labute approximate surface area is 168 Å². The number of benzene rings is 2. The van der Waals surface area contributed by atoms with Crippen LogP contribution in [0.2, 0.25) is 0 Å². The van der Waals surface area contributed by atoms with Crippen LogP contribution < -0.4 is 10.0 Å². The van der Waals surface area contributed by atoms with Crippen molar-refractivity contribution in [2.24, 2.45) is 0 Å². The van der Waals surface area contributed by atoms with Gasteiger partial charge in [-0.3, -0.25) is 14.5 Å². The lowest BCUT2D eigenvalue weighted by Crippen LogP contribution is -2.12. The summed E-state index contributed by atoms with van der Waals surface area (Å²) >= 11 is 1.69. The standard InChI is InChI=1S/C20H19N3O3S2/c1-28(25,26)23-18-6-4-16(5-7-18)20(24)22-17-8-10-19(11-9-17)27-14-15-3-2-12-21-13-15/h2-13,23H,14H2,1H3,(H,22,24).